The maximum Gasteiger partial charge on any atom is 0.340 e. The Labute approximate surface area is 614 Å². The van der Waals surface area contributed by atoms with Crippen molar-refractivity contribution in [3.05, 3.63) is 304 Å². The number of methoxy groups -OCH3 is 4. The minimum absolute atomic E-state index is 0.0360. The zero-order valence-electron chi connectivity index (χ0n) is 59.0. The van der Waals surface area contributed by atoms with Crippen molar-refractivity contribution < 1.29 is 104 Å². The lowest BCUT2D eigenvalue weighted by Crippen LogP contribution is -2.62. The first-order chi connectivity index (χ1) is 52.1. The van der Waals surface area contributed by atoms with E-state index in [4.69, 9.17) is 90.0 Å². The van der Waals surface area contributed by atoms with E-state index in [1.54, 1.807) is 0 Å². The number of ether oxygens (including phenoxy) is 19. The van der Waals surface area contributed by atoms with Crippen LogP contribution in [0.2, 0.25) is 0 Å². The summed E-state index contributed by atoms with van der Waals surface area (Å²) in [4.78, 5) is 46.3. The molecule has 0 amide bonds. The molecule has 0 unspecified atom stereocenters. The first-order valence-corrected chi connectivity index (χ1v) is 34.0. The van der Waals surface area contributed by atoms with Crippen LogP contribution in [0.3, 0.4) is 0 Å². The molecule has 1 fully saturated rings. The molecule has 0 aliphatic carbocycles. The van der Waals surface area contributed by atoms with E-state index in [2.05, 4.69) is 0 Å². The van der Waals surface area contributed by atoms with Crippen molar-refractivity contribution in [3.8, 4) is 51.7 Å². The Bertz CT molecular complexity index is 4210. The smallest absolute Gasteiger partial charge is 0.340 e. The zero-order chi connectivity index (χ0) is 73.5. The molecule has 106 heavy (non-hydrogen) atoms. The molecule has 0 saturated carbocycles. The van der Waals surface area contributed by atoms with Gasteiger partial charge in [-0.2, -0.15) is 0 Å². The molecular formula is C84H82O22. The van der Waals surface area contributed by atoms with Crippen LogP contribution < -0.4 is 42.6 Å². The van der Waals surface area contributed by atoms with Gasteiger partial charge < -0.3 is 90.0 Å². The van der Waals surface area contributed by atoms with Gasteiger partial charge in [0.15, 0.2) is 73.9 Å². The summed E-state index contributed by atoms with van der Waals surface area (Å²) in [5.41, 5.74) is 5.26. The van der Waals surface area contributed by atoms with Gasteiger partial charge in [0.05, 0.1) is 29.9 Å². The predicted molar refractivity (Wildman–Crippen MR) is 387 cm³/mol. The summed E-state index contributed by atoms with van der Waals surface area (Å²) in [7, 11) is 5.75. The Kier molecular flexibility index (Phi) is 28.5. The van der Waals surface area contributed by atoms with Crippen LogP contribution >= 0.6 is 0 Å². The van der Waals surface area contributed by atoms with E-state index in [9.17, 15) is 0 Å². The molecule has 22 nitrogen and oxygen atoms in total. The van der Waals surface area contributed by atoms with E-state index in [-0.39, 0.29) is 142 Å². The van der Waals surface area contributed by atoms with Gasteiger partial charge in [0.1, 0.15) is 51.8 Å². The molecular weight excluding hydrogens is 1360 g/mol. The second-order valence-corrected chi connectivity index (χ2v) is 23.9. The molecule has 22 heteroatoms. The largest absolute Gasteiger partial charge is 0.485 e. The summed E-state index contributed by atoms with van der Waals surface area (Å²) in [6, 6.07) is 74.4. The Morgan fingerprint density at radius 3 is 0.868 bits per heavy atom. The number of carbonyl (C=O) groups is 3. The highest BCUT2D eigenvalue weighted by molar-refractivity contribution is 5.93. The van der Waals surface area contributed by atoms with Crippen LogP contribution in [-0.2, 0) is 93.6 Å². The van der Waals surface area contributed by atoms with Crippen molar-refractivity contribution in [2.24, 2.45) is 0 Å². The first kappa shape index (κ1) is 75.7. The highest BCUT2D eigenvalue weighted by atomic mass is 16.7. The fourth-order valence-corrected chi connectivity index (χ4v) is 11.1. The maximum atomic E-state index is 15.7. The van der Waals surface area contributed by atoms with Crippen LogP contribution in [-0.4, -0.2) is 111 Å². The van der Waals surface area contributed by atoms with Crippen LogP contribution in [0.4, 0.5) is 0 Å². The molecule has 10 aromatic rings. The normalized spacial score (nSPS) is 15.3. The van der Waals surface area contributed by atoms with Crippen LogP contribution in [0.5, 0.6) is 51.7 Å². The fourth-order valence-electron chi connectivity index (χ4n) is 11.1. The Morgan fingerprint density at radius 1 is 0.292 bits per heavy atom. The monoisotopic (exact) mass is 1440 g/mol. The Hall–Kier alpha value is -11.5. The summed E-state index contributed by atoms with van der Waals surface area (Å²) in [6.07, 6.45) is -7.85. The van der Waals surface area contributed by atoms with E-state index in [0.717, 1.165) is 27.8 Å². The van der Waals surface area contributed by atoms with Crippen molar-refractivity contribution in [2.45, 2.75) is 77.0 Å². The van der Waals surface area contributed by atoms with Gasteiger partial charge in [-0.3, -0.25) is 0 Å². The van der Waals surface area contributed by atoms with Gasteiger partial charge in [0.25, 0.3) is 0 Å². The number of carbonyl (C=O) groups excluding carboxylic acids is 3. The lowest BCUT2D eigenvalue weighted by molar-refractivity contribution is -0.304. The van der Waals surface area contributed by atoms with Gasteiger partial charge >= 0.3 is 17.9 Å². The summed E-state index contributed by atoms with van der Waals surface area (Å²) in [6.45, 7) is -1.64. The molecule has 0 radical (unpaired) electrons. The Morgan fingerprint density at radius 2 is 0.557 bits per heavy atom. The van der Waals surface area contributed by atoms with E-state index < -0.39 is 55.2 Å². The van der Waals surface area contributed by atoms with Gasteiger partial charge in [0, 0.05) is 28.4 Å². The van der Waals surface area contributed by atoms with E-state index in [0.29, 0.717) is 11.1 Å². The lowest BCUT2D eigenvalue weighted by Gasteiger charge is -2.44. The quantitative estimate of drug-likeness (QED) is 0.0198. The number of benzene rings is 10. The van der Waals surface area contributed by atoms with Crippen LogP contribution in [0.15, 0.2) is 249 Å². The summed E-state index contributed by atoms with van der Waals surface area (Å²) < 4.78 is 119. The molecule has 10 aromatic carbocycles. The molecule has 1 heterocycles. The van der Waals surface area contributed by atoms with Crippen molar-refractivity contribution in [1.29, 1.82) is 0 Å². The van der Waals surface area contributed by atoms with E-state index in [1.165, 1.54) is 64.8 Å². The van der Waals surface area contributed by atoms with Gasteiger partial charge in [-0.05, 0) is 75.3 Å². The van der Waals surface area contributed by atoms with Crippen LogP contribution in [0.1, 0.15) is 70.0 Å². The molecule has 5 atom stereocenters. The average molecular weight is 1440 g/mol. The lowest BCUT2D eigenvalue weighted by atomic mass is 9.97. The van der Waals surface area contributed by atoms with Crippen molar-refractivity contribution in [3.63, 3.8) is 0 Å². The maximum absolute atomic E-state index is 15.7. The van der Waals surface area contributed by atoms with Gasteiger partial charge in [-0.25, -0.2) is 14.4 Å². The molecule has 1 aliphatic rings. The van der Waals surface area contributed by atoms with Crippen molar-refractivity contribution >= 4 is 17.9 Å². The molecule has 0 N–H and O–H groups in total. The SMILES string of the molecule is COCOc1cc(C(=O)OC[C@H]2O[C@@H](OC(=O)c3cc(OCc4ccccc4)c(OCc4ccccc4)c(OCc4ccccc4)c3)[C@H](OCc3ccccc3)[C@@H](OCc3ccccc3)[C@@H]2OC(=O)c2cc(OCOC)c(OCc3ccccc3)c(OCOC)c2)cc(OCOC)c1OCc1ccccc1. The molecule has 0 aromatic heterocycles. The molecule has 11 rings (SSSR count). The predicted octanol–water partition coefficient (Wildman–Crippen LogP) is 14.6. The second-order valence-electron chi connectivity index (χ2n) is 23.9. The van der Waals surface area contributed by atoms with Crippen LogP contribution in [0.25, 0.3) is 0 Å². The fraction of sp³-hybridized carbons (Fsp3) is 0.250. The molecule has 0 bridgehead atoms. The minimum Gasteiger partial charge on any atom is -0.485 e. The third-order valence-corrected chi connectivity index (χ3v) is 16.3. The topological polar surface area (TPSA) is 227 Å². The van der Waals surface area contributed by atoms with Crippen molar-refractivity contribution in [2.75, 3.05) is 62.2 Å². The zero-order valence-corrected chi connectivity index (χ0v) is 59.0. The number of rotatable bonds is 40. The minimum atomic E-state index is -1.76. The van der Waals surface area contributed by atoms with Crippen LogP contribution in [0, 0.1) is 0 Å². The molecule has 1 aliphatic heterocycles. The highest BCUT2D eigenvalue weighted by Crippen LogP contribution is 2.44. The third-order valence-electron chi connectivity index (χ3n) is 16.3. The van der Waals surface area contributed by atoms with Gasteiger partial charge in [-0.1, -0.05) is 212 Å². The van der Waals surface area contributed by atoms with E-state index in [1.807, 2.05) is 212 Å². The standard InChI is InChI=1S/C84H82O22/c1-88-54-100-70-40-65(41-71(101-55-89-2)76(70)95-49-61-32-18-8-19-33-61)81(85)99-53-74-78(105-82(86)66-44-72(102-56-90-3)77(73(45-66)103-57-91-4)96-50-62-34-20-9-21-35-62)79(97-51-63-36-22-10-23-37-63)80(98-52-64-38-24-11-25-39-64)84(104-74)106-83(87)67-42-68(92-46-58-26-12-5-13-27-58)75(94-48-60-30-16-7-17-31-60)69(43-67)93-47-59-28-14-6-15-29-59/h5-45,74,78-80,84H,46-57H2,1-4H3/t74-,78-,79+,80-,84+/m1/s1. The number of hydrogen-bond acceptors (Lipinski definition) is 22. The number of esters is 3. The summed E-state index contributed by atoms with van der Waals surface area (Å²) in [5, 5.41) is 0. The number of hydrogen-bond donors (Lipinski definition) is 0. The summed E-state index contributed by atoms with van der Waals surface area (Å²) >= 11 is 0. The highest BCUT2D eigenvalue weighted by Gasteiger charge is 2.52. The molecule has 550 valence electrons. The van der Waals surface area contributed by atoms with E-state index >= 15 is 14.4 Å². The van der Waals surface area contributed by atoms with Crippen molar-refractivity contribution in [1.82, 2.24) is 0 Å². The average Bonchev–Trinajstić information content (AvgIpc) is 0.774. The molecule has 1 saturated heterocycles. The second kappa shape index (κ2) is 40.0. The van der Waals surface area contributed by atoms with Gasteiger partial charge in [-0.15, -0.1) is 0 Å². The molecule has 0 spiro atoms. The summed E-state index contributed by atoms with van der Waals surface area (Å²) in [5.74, 6) is -1.98. The first-order valence-electron chi connectivity index (χ1n) is 34.0. The van der Waals surface area contributed by atoms with Gasteiger partial charge in [0.2, 0.25) is 23.5 Å². The Balaban J connectivity index is 1.02. The third kappa shape index (κ3) is 21.8.